The number of fused-ring (bicyclic) bond motifs is 1. The monoisotopic (exact) mass is 319 g/mol. The Labute approximate surface area is 136 Å². The average molecular weight is 320 g/mol. The van der Waals surface area contributed by atoms with Gasteiger partial charge in [-0.3, -0.25) is 4.79 Å². The fraction of sp³-hybridized carbons (Fsp3) is 0.471. The van der Waals surface area contributed by atoms with Crippen LogP contribution in [-0.2, 0) is 0 Å². The number of hydrogen-bond donors (Lipinski definition) is 1. The molecule has 1 N–H and O–H groups in total. The number of hydrogen-bond acceptors (Lipinski definition) is 2. The Morgan fingerprint density at radius 3 is 2.86 bits per heavy atom. The molecule has 1 atom stereocenters. The zero-order chi connectivity index (χ0) is 15.7. The molecule has 1 amide bonds. The van der Waals surface area contributed by atoms with E-state index >= 15 is 0 Å². The Morgan fingerprint density at radius 2 is 2.14 bits per heavy atom. The number of amides is 1. The van der Waals surface area contributed by atoms with E-state index in [1.165, 1.54) is 0 Å². The lowest BCUT2D eigenvalue weighted by Gasteiger charge is -2.23. The number of benzene rings is 1. The topological polar surface area (TPSA) is 39.3 Å². The molecule has 1 saturated heterocycles. The number of H-pyrrole nitrogens is 1. The van der Waals surface area contributed by atoms with Gasteiger partial charge < -0.3 is 14.8 Å². The molecule has 2 heterocycles. The van der Waals surface area contributed by atoms with Crippen molar-refractivity contribution in [3.63, 3.8) is 0 Å². The van der Waals surface area contributed by atoms with Crippen molar-refractivity contribution in [1.29, 1.82) is 0 Å². The first kappa shape index (κ1) is 15.4. The third-order valence-electron chi connectivity index (χ3n) is 4.56. The summed E-state index contributed by atoms with van der Waals surface area (Å²) in [5.74, 6) is 0.0756. The lowest BCUT2D eigenvalue weighted by molar-refractivity contribution is 0.0753. The van der Waals surface area contributed by atoms with Gasteiger partial charge in [0.15, 0.2) is 0 Å². The van der Waals surface area contributed by atoms with Gasteiger partial charge in [-0.1, -0.05) is 17.7 Å². The van der Waals surface area contributed by atoms with E-state index < -0.39 is 0 Å². The van der Waals surface area contributed by atoms with Gasteiger partial charge in [-0.05, 0) is 51.6 Å². The Kier molecular flexibility index (Phi) is 4.41. The molecule has 1 aromatic carbocycles. The van der Waals surface area contributed by atoms with Crippen LogP contribution in [0.4, 0.5) is 0 Å². The zero-order valence-electron chi connectivity index (χ0n) is 13.1. The molecule has 3 rings (SSSR count). The molecule has 2 aromatic rings. The fourth-order valence-corrected chi connectivity index (χ4v) is 3.43. The van der Waals surface area contributed by atoms with Gasteiger partial charge in [0.05, 0.1) is 0 Å². The minimum Gasteiger partial charge on any atom is -0.350 e. The standard InChI is InChI=1S/C17H22ClN3O/c1-20(2)12-5-4-9-21(10-8-12)17(22)16-11-13-14(18)6-3-7-15(13)19-16/h3,6-7,11-12,19H,4-5,8-10H2,1-2H3. The summed E-state index contributed by atoms with van der Waals surface area (Å²) in [6.45, 7) is 1.64. The van der Waals surface area contributed by atoms with Gasteiger partial charge in [0.25, 0.3) is 5.91 Å². The molecule has 0 spiro atoms. The van der Waals surface area contributed by atoms with Crippen molar-refractivity contribution >= 4 is 28.4 Å². The van der Waals surface area contributed by atoms with Crippen molar-refractivity contribution in [2.75, 3.05) is 27.2 Å². The van der Waals surface area contributed by atoms with Gasteiger partial charge in [-0.25, -0.2) is 0 Å². The Bertz CT molecular complexity index is 680. The number of likely N-dealkylation sites (tertiary alicyclic amines) is 1. The first-order valence-corrected chi connectivity index (χ1v) is 8.17. The molecule has 4 nitrogen and oxygen atoms in total. The van der Waals surface area contributed by atoms with Crippen LogP contribution in [0, 0.1) is 0 Å². The van der Waals surface area contributed by atoms with E-state index in [4.69, 9.17) is 11.6 Å². The number of nitrogens with zero attached hydrogens (tertiary/aromatic N) is 2. The molecule has 0 saturated carbocycles. The summed E-state index contributed by atoms with van der Waals surface area (Å²) in [6, 6.07) is 8.12. The van der Waals surface area contributed by atoms with Crippen molar-refractivity contribution in [3.05, 3.63) is 35.0 Å². The molecule has 1 aliphatic rings. The summed E-state index contributed by atoms with van der Waals surface area (Å²) in [5.41, 5.74) is 1.54. The number of aromatic amines is 1. The third kappa shape index (κ3) is 2.99. The lowest BCUT2D eigenvalue weighted by Crippen LogP contribution is -2.34. The van der Waals surface area contributed by atoms with E-state index in [1.54, 1.807) is 0 Å². The number of aromatic nitrogens is 1. The SMILES string of the molecule is CN(C)C1CCCN(C(=O)c2cc3c(Cl)cccc3[nH]2)CC1. The summed E-state index contributed by atoms with van der Waals surface area (Å²) < 4.78 is 0. The van der Waals surface area contributed by atoms with Crippen molar-refractivity contribution in [2.45, 2.75) is 25.3 Å². The van der Waals surface area contributed by atoms with Crippen LogP contribution in [0.2, 0.25) is 5.02 Å². The summed E-state index contributed by atoms with van der Waals surface area (Å²) in [4.78, 5) is 20.2. The number of carbonyl (C=O) groups excluding carboxylic acids is 1. The van der Waals surface area contributed by atoms with Crippen LogP contribution >= 0.6 is 11.6 Å². The lowest BCUT2D eigenvalue weighted by atomic mass is 10.1. The molecule has 0 aliphatic carbocycles. The minimum atomic E-state index is 0.0756. The molecule has 1 unspecified atom stereocenters. The predicted molar refractivity (Wildman–Crippen MR) is 90.5 cm³/mol. The summed E-state index contributed by atoms with van der Waals surface area (Å²) in [6.07, 6.45) is 3.23. The first-order valence-electron chi connectivity index (χ1n) is 7.79. The molecule has 22 heavy (non-hydrogen) atoms. The second-order valence-electron chi connectivity index (χ2n) is 6.22. The number of rotatable bonds is 2. The highest BCUT2D eigenvalue weighted by molar-refractivity contribution is 6.35. The highest BCUT2D eigenvalue weighted by atomic mass is 35.5. The second-order valence-corrected chi connectivity index (χ2v) is 6.63. The van der Waals surface area contributed by atoms with Crippen LogP contribution < -0.4 is 0 Å². The molecule has 1 fully saturated rings. The van der Waals surface area contributed by atoms with Crippen molar-refractivity contribution in [3.8, 4) is 0 Å². The zero-order valence-corrected chi connectivity index (χ0v) is 13.9. The smallest absolute Gasteiger partial charge is 0.270 e. The summed E-state index contributed by atoms with van der Waals surface area (Å²) in [7, 11) is 4.23. The molecule has 0 bridgehead atoms. The van der Waals surface area contributed by atoms with E-state index in [0.29, 0.717) is 16.8 Å². The molecule has 5 heteroatoms. The molecule has 1 aliphatic heterocycles. The molecular weight excluding hydrogens is 298 g/mol. The van der Waals surface area contributed by atoms with Gasteiger partial charge in [-0.2, -0.15) is 0 Å². The van der Waals surface area contributed by atoms with Gasteiger partial charge >= 0.3 is 0 Å². The van der Waals surface area contributed by atoms with E-state index in [0.717, 1.165) is 43.3 Å². The van der Waals surface area contributed by atoms with Crippen LogP contribution in [-0.4, -0.2) is 53.9 Å². The number of halogens is 1. The van der Waals surface area contributed by atoms with Gasteiger partial charge in [0.2, 0.25) is 0 Å². The molecule has 1 aromatic heterocycles. The third-order valence-corrected chi connectivity index (χ3v) is 4.89. The van der Waals surface area contributed by atoms with Crippen LogP contribution in [0.3, 0.4) is 0 Å². The number of nitrogens with one attached hydrogen (secondary N) is 1. The van der Waals surface area contributed by atoms with Crippen LogP contribution in [0.5, 0.6) is 0 Å². The van der Waals surface area contributed by atoms with E-state index in [2.05, 4.69) is 24.0 Å². The van der Waals surface area contributed by atoms with E-state index in [1.807, 2.05) is 29.2 Å². The second kappa shape index (κ2) is 6.31. The van der Waals surface area contributed by atoms with E-state index in [-0.39, 0.29) is 5.91 Å². The first-order chi connectivity index (χ1) is 10.6. The fourth-order valence-electron chi connectivity index (χ4n) is 3.20. The largest absolute Gasteiger partial charge is 0.350 e. The minimum absolute atomic E-state index is 0.0756. The Morgan fingerprint density at radius 1 is 1.32 bits per heavy atom. The van der Waals surface area contributed by atoms with Gasteiger partial charge in [-0.15, -0.1) is 0 Å². The maximum absolute atomic E-state index is 12.7. The summed E-state index contributed by atoms with van der Waals surface area (Å²) >= 11 is 6.19. The predicted octanol–water partition coefficient (Wildman–Crippen LogP) is 3.38. The van der Waals surface area contributed by atoms with Gasteiger partial charge in [0, 0.05) is 35.1 Å². The average Bonchev–Trinajstić information content (AvgIpc) is 2.77. The quantitative estimate of drug-likeness (QED) is 0.921. The Balaban J connectivity index is 1.79. The molecule has 0 radical (unpaired) electrons. The van der Waals surface area contributed by atoms with Crippen LogP contribution in [0.1, 0.15) is 29.8 Å². The van der Waals surface area contributed by atoms with Crippen molar-refractivity contribution in [2.24, 2.45) is 0 Å². The normalized spacial score (nSPS) is 19.6. The van der Waals surface area contributed by atoms with Crippen LogP contribution in [0.25, 0.3) is 10.9 Å². The van der Waals surface area contributed by atoms with Gasteiger partial charge in [0.1, 0.15) is 5.69 Å². The maximum atomic E-state index is 12.7. The highest BCUT2D eigenvalue weighted by Crippen LogP contribution is 2.25. The molecule has 118 valence electrons. The number of carbonyl (C=O) groups is 1. The highest BCUT2D eigenvalue weighted by Gasteiger charge is 2.23. The molecular formula is C17H22ClN3O. The summed E-state index contributed by atoms with van der Waals surface area (Å²) in [5, 5.41) is 1.59. The van der Waals surface area contributed by atoms with Crippen LogP contribution in [0.15, 0.2) is 24.3 Å². The van der Waals surface area contributed by atoms with Crippen molar-refractivity contribution < 1.29 is 4.79 Å². The maximum Gasteiger partial charge on any atom is 0.270 e. The van der Waals surface area contributed by atoms with Crippen molar-refractivity contribution in [1.82, 2.24) is 14.8 Å². The Hall–Kier alpha value is -1.52. The van der Waals surface area contributed by atoms with E-state index in [9.17, 15) is 4.79 Å².